The molecule has 0 saturated heterocycles. The number of hydrogen-bond donors (Lipinski definition) is 3. The average molecular weight is 505 g/mol. The fraction of sp³-hybridized carbons (Fsp3) is 0.440. The first-order valence-electron chi connectivity index (χ1n) is 10.9. The Morgan fingerprint density at radius 1 is 1.03 bits per heavy atom. The lowest BCUT2D eigenvalue weighted by Crippen LogP contribution is -2.44. The molecule has 32 heavy (non-hydrogen) atoms. The van der Waals surface area contributed by atoms with E-state index in [1.165, 1.54) is 0 Å². The Balaban J connectivity index is 1.98. The Labute approximate surface area is 198 Å². The molecular formula is C25H33BrN2O4. The van der Waals surface area contributed by atoms with E-state index in [0.29, 0.717) is 13.0 Å². The lowest BCUT2D eigenvalue weighted by Gasteiger charge is -2.26. The maximum absolute atomic E-state index is 12.8. The maximum atomic E-state index is 12.8. The number of aliphatic hydroxyl groups excluding tert-OH is 1. The van der Waals surface area contributed by atoms with Crippen molar-refractivity contribution in [2.75, 3.05) is 6.54 Å². The predicted molar refractivity (Wildman–Crippen MR) is 129 cm³/mol. The van der Waals surface area contributed by atoms with Crippen LogP contribution in [0.3, 0.4) is 0 Å². The number of amides is 2. The number of nitrogens with one attached hydrogen (secondary N) is 2. The van der Waals surface area contributed by atoms with Gasteiger partial charge in [0, 0.05) is 24.0 Å². The minimum absolute atomic E-state index is 0.0191. The summed E-state index contributed by atoms with van der Waals surface area (Å²) < 4.78 is 6.39. The van der Waals surface area contributed by atoms with Crippen LogP contribution >= 0.6 is 15.9 Å². The normalized spacial score (nSPS) is 13.2. The van der Waals surface area contributed by atoms with Crippen LogP contribution in [0.1, 0.15) is 44.7 Å². The van der Waals surface area contributed by atoms with Crippen molar-refractivity contribution in [2.45, 2.75) is 58.8 Å². The Hall–Kier alpha value is -2.38. The minimum atomic E-state index is -1.02. The maximum Gasteiger partial charge on any atom is 0.408 e. The van der Waals surface area contributed by atoms with Gasteiger partial charge >= 0.3 is 6.09 Å². The quantitative estimate of drug-likeness (QED) is 0.417. The van der Waals surface area contributed by atoms with Crippen LogP contribution in [0.4, 0.5) is 4.79 Å². The van der Waals surface area contributed by atoms with Crippen LogP contribution in [0.15, 0.2) is 59.1 Å². The van der Waals surface area contributed by atoms with Crippen molar-refractivity contribution in [3.8, 4) is 0 Å². The van der Waals surface area contributed by atoms with Gasteiger partial charge in [0.05, 0.1) is 6.10 Å². The van der Waals surface area contributed by atoms with Crippen LogP contribution in [0.5, 0.6) is 0 Å². The van der Waals surface area contributed by atoms with Gasteiger partial charge in [0.2, 0.25) is 0 Å². The standard InChI is InChI=1S/C25H33BrN2O4/c1-4-25(2,3)15-21(29)17-27-23(30)22(14-18-10-12-20(26)13-11-18)32-24(31)28-16-19-8-6-5-7-9-19/h5-13,21-22,29H,4,14-17H2,1-3H3,(H,27,30)(H,28,31). The first kappa shape index (κ1) is 25.9. The van der Waals surface area contributed by atoms with E-state index in [1.807, 2.05) is 54.6 Å². The molecular weight excluding hydrogens is 472 g/mol. The number of carbonyl (C=O) groups is 2. The van der Waals surface area contributed by atoms with Crippen molar-refractivity contribution in [1.82, 2.24) is 10.6 Å². The van der Waals surface area contributed by atoms with Gasteiger partial charge in [0.25, 0.3) is 5.91 Å². The van der Waals surface area contributed by atoms with Crippen molar-refractivity contribution in [3.05, 3.63) is 70.2 Å². The third kappa shape index (κ3) is 9.40. The summed E-state index contributed by atoms with van der Waals surface area (Å²) in [5.41, 5.74) is 1.77. The van der Waals surface area contributed by atoms with Gasteiger partial charge in [-0.05, 0) is 35.1 Å². The van der Waals surface area contributed by atoms with E-state index in [0.717, 1.165) is 22.0 Å². The highest BCUT2D eigenvalue weighted by atomic mass is 79.9. The van der Waals surface area contributed by atoms with Gasteiger partial charge in [-0.3, -0.25) is 4.79 Å². The highest BCUT2D eigenvalue weighted by Gasteiger charge is 2.25. The number of benzene rings is 2. The smallest absolute Gasteiger partial charge is 0.408 e. The number of aliphatic hydroxyl groups is 1. The number of alkyl carbamates (subject to hydrolysis) is 1. The summed E-state index contributed by atoms with van der Waals surface area (Å²) in [6.45, 7) is 6.63. The number of halogens is 1. The summed E-state index contributed by atoms with van der Waals surface area (Å²) in [7, 11) is 0. The van der Waals surface area contributed by atoms with Gasteiger partial charge < -0.3 is 20.5 Å². The van der Waals surface area contributed by atoms with Gasteiger partial charge in [-0.15, -0.1) is 0 Å². The largest absolute Gasteiger partial charge is 0.436 e. The van der Waals surface area contributed by atoms with Crippen LogP contribution in [-0.4, -0.2) is 35.9 Å². The lowest BCUT2D eigenvalue weighted by molar-refractivity contribution is -0.130. The molecule has 0 saturated carbocycles. The fourth-order valence-electron chi connectivity index (χ4n) is 3.15. The molecule has 0 aromatic heterocycles. The van der Waals surface area contributed by atoms with Gasteiger partial charge in [0.1, 0.15) is 0 Å². The Morgan fingerprint density at radius 2 is 1.69 bits per heavy atom. The van der Waals surface area contributed by atoms with Crippen LogP contribution in [0.2, 0.25) is 0 Å². The second-order valence-electron chi connectivity index (χ2n) is 8.68. The second kappa shape index (κ2) is 12.6. The molecule has 3 N–H and O–H groups in total. The topological polar surface area (TPSA) is 87.7 Å². The Bertz CT molecular complexity index is 856. The Morgan fingerprint density at radius 3 is 2.31 bits per heavy atom. The van der Waals surface area contributed by atoms with E-state index >= 15 is 0 Å². The van der Waals surface area contributed by atoms with Crippen LogP contribution in [0.25, 0.3) is 0 Å². The van der Waals surface area contributed by atoms with Crippen LogP contribution in [-0.2, 0) is 22.5 Å². The van der Waals surface area contributed by atoms with Crippen LogP contribution in [0, 0.1) is 5.41 Å². The van der Waals surface area contributed by atoms with Crippen molar-refractivity contribution in [3.63, 3.8) is 0 Å². The highest BCUT2D eigenvalue weighted by molar-refractivity contribution is 9.10. The molecule has 2 atom stereocenters. The molecule has 174 valence electrons. The average Bonchev–Trinajstić information content (AvgIpc) is 2.77. The van der Waals surface area contributed by atoms with Crippen molar-refractivity contribution < 1.29 is 19.4 Å². The van der Waals surface area contributed by atoms with Crippen molar-refractivity contribution in [1.29, 1.82) is 0 Å². The first-order chi connectivity index (χ1) is 15.2. The zero-order valence-corrected chi connectivity index (χ0v) is 20.5. The number of ether oxygens (including phenoxy) is 1. The molecule has 0 aliphatic rings. The molecule has 0 spiro atoms. The fourth-order valence-corrected chi connectivity index (χ4v) is 3.41. The van der Waals surface area contributed by atoms with E-state index in [4.69, 9.17) is 4.74 Å². The third-order valence-corrected chi connectivity index (χ3v) is 5.94. The zero-order chi connectivity index (χ0) is 23.6. The summed E-state index contributed by atoms with van der Waals surface area (Å²) in [5, 5.41) is 15.7. The molecule has 2 unspecified atom stereocenters. The molecule has 7 heteroatoms. The number of carbonyl (C=O) groups excluding carboxylic acids is 2. The lowest BCUT2D eigenvalue weighted by atomic mass is 9.84. The summed E-state index contributed by atoms with van der Waals surface area (Å²) >= 11 is 3.39. The molecule has 6 nitrogen and oxygen atoms in total. The molecule has 0 heterocycles. The van der Waals surface area contributed by atoms with E-state index in [9.17, 15) is 14.7 Å². The SMILES string of the molecule is CCC(C)(C)CC(O)CNC(=O)C(Cc1ccc(Br)cc1)OC(=O)NCc1ccccc1. The first-order valence-corrected chi connectivity index (χ1v) is 11.7. The van der Waals surface area contributed by atoms with Gasteiger partial charge in [-0.25, -0.2) is 4.79 Å². The highest BCUT2D eigenvalue weighted by Crippen LogP contribution is 2.25. The molecule has 0 aliphatic heterocycles. The zero-order valence-electron chi connectivity index (χ0n) is 18.9. The van der Waals surface area contributed by atoms with Crippen LogP contribution < -0.4 is 10.6 Å². The van der Waals surface area contributed by atoms with E-state index in [2.05, 4.69) is 47.3 Å². The van der Waals surface area contributed by atoms with E-state index < -0.39 is 24.2 Å². The molecule has 0 fully saturated rings. The Kier molecular flexibility index (Phi) is 10.2. The summed E-state index contributed by atoms with van der Waals surface area (Å²) in [6, 6.07) is 16.9. The molecule has 0 aliphatic carbocycles. The summed E-state index contributed by atoms with van der Waals surface area (Å²) in [4.78, 5) is 25.2. The van der Waals surface area contributed by atoms with Gasteiger partial charge in [-0.1, -0.05) is 85.6 Å². The molecule has 0 bridgehead atoms. The second-order valence-corrected chi connectivity index (χ2v) is 9.60. The molecule has 0 radical (unpaired) electrons. The van der Waals surface area contributed by atoms with Gasteiger partial charge in [0.15, 0.2) is 6.10 Å². The summed E-state index contributed by atoms with van der Waals surface area (Å²) in [5.74, 6) is -0.434. The van der Waals surface area contributed by atoms with E-state index in [-0.39, 0.29) is 18.4 Å². The molecule has 2 aromatic rings. The van der Waals surface area contributed by atoms with E-state index in [1.54, 1.807) is 0 Å². The third-order valence-electron chi connectivity index (χ3n) is 5.41. The van der Waals surface area contributed by atoms with Crippen molar-refractivity contribution in [2.24, 2.45) is 5.41 Å². The predicted octanol–water partition coefficient (Wildman–Crippen LogP) is 4.59. The molecule has 2 rings (SSSR count). The molecule has 2 aromatic carbocycles. The summed E-state index contributed by atoms with van der Waals surface area (Å²) in [6.07, 6.45) is -0.630. The number of rotatable bonds is 11. The monoisotopic (exact) mass is 504 g/mol. The minimum Gasteiger partial charge on any atom is -0.436 e. The van der Waals surface area contributed by atoms with Crippen molar-refractivity contribution >= 4 is 27.9 Å². The van der Waals surface area contributed by atoms with Gasteiger partial charge in [-0.2, -0.15) is 0 Å². The molecule has 2 amide bonds. The number of hydrogen-bond acceptors (Lipinski definition) is 4.